The van der Waals surface area contributed by atoms with Crippen molar-refractivity contribution < 1.29 is 36.2 Å². The summed E-state index contributed by atoms with van der Waals surface area (Å²) in [5.74, 6) is -0.426. The van der Waals surface area contributed by atoms with Crippen LogP contribution >= 0.6 is 0 Å². The van der Waals surface area contributed by atoms with Gasteiger partial charge in [-0.05, 0) is 42.3 Å². The average Bonchev–Trinajstić information content (AvgIpc) is 2.78. The van der Waals surface area contributed by atoms with Crippen LogP contribution < -0.4 is 24.8 Å². The first-order chi connectivity index (χ1) is 15.7. The Labute approximate surface area is 190 Å². The number of morpholine rings is 1. The lowest BCUT2D eigenvalue weighted by Gasteiger charge is -2.30. The Morgan fingerprint density at radius 3 is 2.55 bits per heavy atom. The van der Waals surface area contributed by atoms with Gasteiger partial charge < -0.3 is 24.4 Å². The number of carbonyl (C=O) groups is 1. The van der Waals surface area contributed by atoms with Crippen LogP contribution in [-0.4, -0.2) is 60.9 Å². The number of alkyl halides is 2. The molecule has 1 aliphatic rings. The fourth-order valence-corrected chi connectivity index (χ4v) is 3.97. The third-order valence-electron chi connectivity index (χ3n) is 5.04. The van der Waals surface area contributed by atoms with Crippen molar-refractivity contribution in [3.05, 3.63) is 47.5 Å². The zero-order chi connectivity index (χ0) is 24.0. The first-order valence-electron chi connectivity index (χ1n) is 10.1. The topological polar surface area (TPSA) is 120 Å². The van der Waals surface area contributed by atoms with Crippen LogP contribution in [0.3, 0.4) is 0 Å². The number of halogens is 2. The molecule has 12 heteroatoms. The van der Waals surface area contributed by atoms with Gasteiger partial charge in [0.1, 0.15) is 0 Å². The minimum absolute atomic E-state index is 0.105. The molecule has 0 atom stereocenters. The summed E-state index contributed by atoms with van der Waals surface area (Å²) in [5.41, 5.74) is 1.37. The van der Waals surface area contributed by atoms with Gasteiger partial charge in [-0.3, -0.25) is 4.79 Å². The number of anilines is 1. The van der Waals surface area contributed by atoms with Gasteiger partial charge in [0.25, 0.3) is 5.91 Å². The van der Waals surface area contributed by atoms with E-state index in [9.17, 15) is 22.0 Å². The average molecular weight is 486 g/mol. The summed E-state index contributed by atoms with van der Waals surface area (Å²) in [6, 6.07) is 8.75. The summed E-state index contributed by atoms with van der Waals surface area (Å²) in [6.07, 6.45) is 0.317. The minimum Gasteiger partial charge on any atom is -0.493 e. The number of methoxy groups -OCH3 is 1. The van der Waals surface area contributed by atoms with E-state index in [1.54, 1.807) is 12.1 Å². The maximum atomic E-state index is 12.9. The molecule has 2 aromatic rings. The van der Waals surface area contributed by atoms with Crippen LogP contribution in [0, 0.1) is 0 Å². The zero-order valence-corrected chi connectivity index (χ0v) is 18.7. The van der Waals surface area contributed by atoms with Crippen molar-refractivity contribution in [2.45, 2.75) is 17.9 Å². The Balaban J connectivity index is 1.75. The van der Waals surface area contributed by atoms with Crippen LogP contribution in [0.2, 0.25) is 0 Å². The Hall–Kier alpha value is -2.96. The second kappa shape index (κ2) is 10.8. The normalized spacial score (nSPS) is 14.3. The molecule has 0 bridgehead atoms. The molecule has 1 fully saturated rings. The van der Waals surface area contributed by atoms with Crippen molar-refractivity contribution in [2.24, 2.45) is 5.14 Å². The number of sulfonamides is 1. The van der Waals surface area contributed by atoms with Gasteiger partial charge in [0, 0.05) is 25.3 Å². The highest BCUT2D eigenvalue weighted by atomic mass is 32.2. The number of nitrogens with zero attached hydrogens (tertiary/aromatic N) is 1. The first kappa shape index (κ1) is 24.7. The second-order valence-corrected chi connectivity index (χ2v) is 8.75. The van der Waals surface area contributed by atoms with E-state index < -0.39 is 22.5 Å². The lowest BCUT2D eigenvalue weighted by Crippen LogP contribution is -2.38. The minimum atomic E-state index is -4.00. The molecule has 0 saturated carbocycles. The largest absolute Gasteiger partial charge is 0.493 e. The number of hydrogen-bond acceptors (Lipinski definition) is 7. The molecule has 1 amide bonds. The van der Waals surface area contributed by atoms with Gasteiger partial charge in [-0.1, -0.05) is 6.07 Å². The number of ether oxygens (including phenoxy) is 3. The second-order valence-electron chi connectivity index (χ2n) is 7.19. The molecule has 0 aliphatic carbocycles. The number of amides is 1. The number of rotatable bonds is 9. The molecule has 180 valence electrons. The molecule has 33 heavy (non-hydrogen) atoms. The molecule has 2 aromatic carbocycles. The first-order valence-corrected chi connectivity index (χ1v) is 11.6. The number of nitrogens with one attached hydrogen (secondary N) is 1. The summed E-state index contributed by atoms with van der Waals surface area (Å²) in [6.45, 7) is -0.765. The number of nitrogens with two attached hydrogens (primary N) is 1. The third kappa shape index (κ3) is 6.53. The van der Waals surface area contributed by atoms with Crippen molar-refractivity contribution in [1.82, 2.24) is 5.32 Å². The van der Waals surface area contributed by atoms with E-state index in [1.807, 2.05) is 4.90 Å². The maximum absolute atomic E-state index is 12.9. The summed E-state index contributed by atoms with van der Waals surface area (Å²) < 4.78 is 63.7. The number of primary sulfonamides is 1. The molecule has 0 spiro atoms. The molecule has 3 rings (SSSR count). The molecular formula is C21H25F2N3O6S. The molecular weight excluding hydrogens is 460 g/mol. The highest BCUT2D eigenvalue weighted by molar-refractivity contribution is 7.89. The van der Waals surface area contributed by atoms with E-state index in [4.69, 9.17) is 14.6 Å². The number of hydrogen-bond donors (Lipinski definition) is 2. The highest BCUT2D eigenvalue weighted by Gasteiger charge is 2.21. The lowest BCUT2D eigenvalue weighted by atomic mass is 10.1. The van der Waals surface area contributed by atoms with Gasteiger partial charge in [0.15, 0.2) is 11.5 Å². The molecule has 9 nitrogen and oxygen atoms in total. The molecule has 1 heterocycles. The van der Waals surface area contributed by atoms with E-state index in [1.165, 1.54) is 31.4 Å². The summed E-state index contributed by atoms with van der Waals surface area (Å²) in [4.78, 5) is 14.7. The van der Waals surface area contributed by atoms with Crippen molar-refractivity contribution >= 4 is 21.6 Å². The Bertz CT molecular complexity index is 1090. The summed E-state index contributed by atoms with van der Waals surface area (Å²) >= 11 is 0. The summed E-state index contributed by atoms with van der Waals surface area (Å²) in [5, 5.41) is 7.98. The molecule has 0 radical (unpaired) electrons. The Morgan fingerprint density at radius 1 is 1.18 bits per heavy atom. The third-order valence-corrected chi connectivity index (χ3v) is 5.95. The van der Waals surface area contributed by atoms with Gasteiger partial charge in [0.05, 0.1) is 30.8 Å². The summed E-state index contributed by atoms with van der Waals surface area (Å²) in [7, 11) is -2.66. The van der Waals surface area contributed by atoms with E-state index >= 15 is 0 Å². The Kier molecular flexibility index (Phi) is 8.06. The Morgan fingerprint density at radius 2 is 1.91 bits per heavy atom. The van der Waals surface area contributed by atoms with E-state index in [0.29, 0.717) is 44.0 Å². The van der Waals surface area contributed by atoms with E-state index in [0.717, 1.165) is 0 Å². The van der Waals surface area contributed by atoms with Crippen molar-refractivity contribution in [2.75, 3.05) is 44.9 Å². The van der Waals surface area contributed by atoms with Crippen molar-refractivity contribution in [3.8, 4) is 11.5 Å². The van der Waals surface area contributed by atoms with Gasteiger partial charge in [-0.2, -0.15) is 8.78 Å². The van der Waals surface area contributed by atoms with E-state index in [-0.39, 0.29) is 28.5 Å². The van der Waals surface area contributed by atoms with Crippen LogP contribution in [0.4, 0.5) is 14.5 Å². The molecule has 0 unspecified atom stereocenters. The van der Waals surface area contributed by atoms with Crippen LogP contribution in [0.5, 0.6) is 11.5 Å². The fourth-order valence-electron chi connectivity index (χ4n) is 3.43. The standard InChI is InChI=1S/C21H25F2N3O6S/c1-30-18-5-2-14(12-19(18)32-21(22)23)6-7-25-20(27)16-13-15(33(24,28)29)3-4-17(16)26-8-10-31-11-9-26/h2-5,12-13,21H,6-11H2,1H3,(H,25,27)(H2,24,28,29). The van der Waals surface area contributed by atoms with E-state index in [2.05, 4.69) is 10.1 Å². The monoisotopic (exact) mass is 485 g/mol. The van der Waals surface area contributed by atoms with Gasteiger partial charge >= 0.3 is 6.61 Å². The van der Waals surface area contributed by atoms with Crippen LogP contribution in [-0.2, 0) is 21.2 Å². The maximum Gasteiger partial charge on any atom is 0.387 e. The smallest absolute Gasteiger partial charge is 0.387 e. The predicted octanol–water partition coefficient (Wildman–Crippen LogP) is 1.75. The quantitative estimate of drug-likeness (QED) is 0.555. The zero-order valence-electron chi connectivity index (χ0n) is 17.9. The van der Waals surface area contributed by atoms with Crippen molar-refractivity contribution in [1.29, 1.82) is 0 Å². The predicted molar refractivity (Wildman–Crippen MR) is 117 cm³/mol. The molecule has 1 saturated heterocycles. The van der Waals surface area contributed by atoms with Crippen LogP contribution in [0.1, 0.15) is 15.9 Å². The van der Waals surface area contributed by atoms with Gasteiger partial charge in [-0.25, -0.2) is 13.6 Å². The molecule has 3 N–H and O–H groups in total. The van der Waals surface area contributed by atoms with Gasteiger partial charge in [-0.15, -0.1) is 0 Å². The lowest BCUT2D eigenvalue weighted by molar-refractivity contribution is -0.0512. The SMILES string of the molecule is COc1ccc(CCNC(=O)c2cc(S(N)(=O)=O)ccc2N2CCOCC2)cc1OC(F)F. The number of benzene rings is 2. The molecule has 1 aliphatic heterocycles. The molecule has 0 aromatic heterocycles. The van der Waals surface area contributed by atoms with Crippen LogP contribution in [0.15, 0.2) is 41.3 Å². The van der Waals surface area contributed by atoms with Crippen LogP contribution in [0.25, 0.3) is 0 Å². The van der Waals surface area contributed by atoms with Crippen molar-refractivity contribution in [3.63, 3.8) is 0 Å². The fraction of sp³-hybridized carbons (Fsp3) is 0.381. The highest BCUT2D eigenvalue weighted by Crippen LogP contribution is 2.30. The number of carbonyl (C=O) groups excluding carboxylic acids is 1. The van der Waals surface area contributed by atoms with Gasteiger partial charge in [0.2, 0.25) is 10.0 Å².